The largest absolute Gasteiger partial charge is 0.441 e. The Hall–Kier alpha value is -2.70. The van der Waals surface area contributed by atoms with E-state index in [1.807, 2.05) is 49.0 Å². The first kappa shape index (κ1) is 22.1. The summed E-state index contributed by atoms with van der Waals surface area (Å²) < 4.78 is 5.93. The molecule has 1 aliphatic rings. The lowest BCUT2D eigenvalue weighted by atomic mass is 9.87. The normalized spacial score (nSPS) is 18.7. The first-order valence-electron chi connectivity index (χ1n) is 11.3. The molecule has 1 amide bonds. The van der Waals surface area contributed by atoms with E-state index in [1.165, 1.54) is 0 Å². The number of halogens is 1. The molecule has 1 aliphatic heterocycles. The number of aryl methyl sites for hydroxylation is 2. The molecule has 0 N–H and O–H groups in total. The first-order chi connectivity index (χ1) is 16.0. The van der Waals surface area contributed by atoms with E-state index in [-0.39, 0.29) is 11.9 Å². The van der Waals surface area contributed by atoms with Gasteiger partial charge in [0, 0.05) is 41.4 Å². The first-order valence-corrected chi connectivity index (χ1v) is 12.6. The van der Waals surface area contributed by atoms with Crippen LogP contribution in [-0.2, 0) is 6.42 Å². The van der Waals surface area contributed by atoms with Gasteiger partial charge in [-0.05, 0) is 56.4 Å². The number of carbonyl (C=O) groups excluding carboxylic acids is 1. The maximum atomic E-state index is 13.9. The molecule has 4 aromatic rings. The number of benzene rings is 2. The Kier molecular flexibility index (Phi) is 6.21. The highest BCUT2D eigenvalue weighted by molar-refractivity contribution is 7.13. The number of hydrogen-bond acceptors (Lipinski definition) is 5. The van der Waals surface area contributed by atoms with Gasteiger partial charge in [0.25, 0.3) is 5.91 Å². The SMILES string of the molecule is Cc1ccc(-c2cncs2)c(C(=O)N2CCC[C@@H](C)[C@H]2CCc2nc3cc(Cl)ccc3o2)c1. The van der Waals surface area contributed by atoms with Crippen molar-refractivity contribution in [1.82, 2.24) is 14.9 Å². The van der Waals surface area contributed by atoms with Gasteiger partial charge in [-0.15, -0.1) is 11.3 Å². The van der Waals surface area contributed by atoms with E-state index in [1.54, 1.807) is 11.3 Å². The Balaban J connectivity index is 1.40. The van der Waals surface area contributed by atoms with Gasteiger partial charge in [-0.3, -0.25) is 9.78 Å². The van der Waals surface area contributed by atoms with Crippen molar-refractivity contribution < 1.29 is 9.21 Å². The molecule has 2 aromatic heterocycles. The second-order valence-corrected chi connectivity index (χ2v) is 10.2. The molecule has 0 bridgehead atoms. The van der Waals surface area contributed by atoms with Crippen LogP contribution in [-0.4, -0.2) is 33.4 Å². The Morgan fingerprint density at radius 3 is 2.97 bits per heavy atom. The van der Waals surface area contributed by atoms with E-state index in [0.717, 1.165) is 58.5 Å². The molecular formula is C26H26ClN3O2S. The van der Waals surface area contributed by atoms with E-state index in [9.17, 15) is 4.79 Å². The summed E-state index contributed by atoms with van der Waals surface area (Å²) in [4.78, 5) is 25.8. The Bertz CT molecular complexity index is 1280. The van der Waals surface area contributed by atoms with E-state index in [4.69, 9.17) is 16.0 Å². The van der Waals surface area contributed by atoms with Crippen LogP contribution in [0.15, 0.2) is 52.5 Å². The van der Waals surface area contributed by atoms with Gasteiger partial charge in [0.1, 0.15) is 5.52 Å². The van der Waals surface area contributed by atoms with Crippen LogP contribution in [0, 0.1) is 12.8 Å². The number of hydrogen-bond donors (Lipinski definition) is 0. The smallest absolute Gasteiger partial charge is 0.254 e. The number of thiazole rings is 1. The van der Waals surface area contributed by atoms with Crippen molar-refractivity contribution in [1.29, 1.82) is 0 Å². The van der Waals surface area contributed by atoms with Crippen LogP contribution in [0.5, 0.6) is 0 Å². The summed E-state index contributed by atoms with van der Waals surface area (Å²) in [5.41, 5.74) is 6.13. The molecule has 0 radical (unpaired) electrons. The number of carbonyl (C=O) groups is 1. The summed E-state index contributed by atoms with van der Waals surface area (Å²) >= 11 is 7.65. The van der Waals surface area contributed by atoms with Gasteiger partial charge in [-0.25, -0.2) is 4.98 Å². The molecule has 1 saturated heterocycles. The summed E-state index contributed by atoms with van der Waals surface area (Å²) in [6.07, 6.45) is 5.47. The second-order valence-electron chi connectivity index (χ2n) is 8.86. The number of fused-ring (bicyclic) bond motifs is 1. The van der Waals surface area contributed by atoms with Gasteiger partial charge in [-0.2, -0.15) is 0 Å². The molecule has 1 fully saturated rings. The number of rotatable bonds is 5. The molecule has 7 heteroatoms. The van der Waals surface area contributed by atoms with E-state index in [2.05, 4.69) is 27.9 Å². The summed E-state index contributed by atoms with van der Waals surface area (Å²) in [5.74, 6) is 1.21. The highest BCUT2D eigenvalue weighted by atomic mass is 35.5. The average molecular weight is 480 g/mol. The second kappa shape index (κ2) is 9.27. The number of amides is 1. The molecule has 3 heterocycles. The standard InChI is InChI=1S/C26H26ClN3O2S/c1-16-5-7-19(24-14-28-15-33-24)20(12-16)26(31)30-11-3-4-17(2)22(30)8-10-25-29-21-13-18(27)6-9-23(21)32-25/h5-7,9,12-15,17,22H,3-4,8,10-11H2,1-2H3/t17-,22-/m1/s1. The molecule has 170 valence electrons. The zero-order chi connectivity index (χ0) is 22.9. The number of nitrogens with zero attached hydrogens (tertiary/aromatic N) is 3. The molecule has 2 aromatic carbocycles. The van der Waals surface area contributed by atoms with Gasteiger partial charge < -0.3 is 9.32 Å². The minimum absolute atomic E-state index is 0.1000. The van der Waals surface area contributed by atoms with Crippen molar-refractivity contribution in [2.75, 3.05) is 6.54 Å². The molecule has 0 aliphatic carbocycles. The lowest BCUT2D eigenvalue weighted by Crippen LogP contribution is -2.48. The highest BCUT2D eigenvalue weighted by Crippen LogP contribution is 2.33. The lowest BCUT2D eigenvalue weighted by molar-refractivity contribution is 0.0497. The summed E-state index contributed by atoms with van der Waals surface area (Å²) in [7, 11) is 0. The van der Waals surface area contributed by atoms with Crippen LogP contribution in [0.1, 0.15) is 48.0 Å². The monoisotopic (exact) mass is 479 g/mol. The van der Waals surface area contributed by atoms with E-state index in [0.29, 0.717) is 23.3 Å². The van der Waals surface area contributed by atoms with Crippen LogP contribution < -0.4 is 0 Å². The van der Waals surface area contributed by atoms with E-state index >= 15 is 0 Å². The third kappa shape index (κ3) is 4.55. The molecule has 0 saturated carbocycles. The van der Waals surface area contributed by atoms with Crippen molar-refractivity contribution in [2.45, 2.75) is 45.6 Å². The highest BCUT2D eigenvalue weighted by Gasteiger charge is 2.33. The Morgan fingerprint density at radius 1 is 1.27 bits per heavy atom. The Labute approximate surface area is 202 Å². The molecule has 2 atom stereocenters. The van der Waals surface area contributed by atoms with E-state index < -0.39 is 0 Å². The summed E-state index contributed by atoms with van der Waals surface area (Å²) in [6.45, 7) is 5.05. The average Bonchev–Trinajstić information content (AvgIpc) is 3.47. The minimum atomic E-state index is 0.1000. The van der Waals surface area contributed by atoms with Crippen molar-refractivity contribution in [3.63, 3.8) is 0 Å². The predicted octanol–water partition coefficient (Wildman–Crippen LogP) is 6.79. The molecule has 5 rings (SSSR count). The maximum Gasteiger partial charge on any atom is 0.254 e. The number of aromatic nitrogens is 2. The van der Waals surface area contributed by atoms with Crippen molar-refractivity contribution in [3.8, 4) is 10.4 Å². The number of oxazole rings is 1. The van der Waals surface area contributed by atoms with Crippen LogP contribution >= 0.6 is 22.9 Å². The fraction of sp³-hybridized carbons (Fsp3) is 0.346. The van der Waals surface area contributed by atoms with Crippen LogP contribution in [0.4, 0.5) is 0 Å². The van der Waals surface area contributed by atoms with Crippen molar-refractivity contribution in [2.24, 2.45) is 5.92 Å². The molecule has 0 unspecified atom stereocenters. The zero-order valence-electron chi connectivity index (χ0n) is 18.8. The minimum Gasteiger partial charge on any atom is -0.441 e. The van der Waals surface area contributed by atoms with Gasteiger partial charge in [-0.1, -0.05) is 36.2 Å². The summed E-state index contributed by atoms with van der Waals surface area (Å²) in [5, 5.41) is 0.648. The summed E-state index contributed by atoms with van der Waals surface area (Å²) in [6, 6.07) is 11.7. The van der Waals surface area contributed by atoms with Crippen molar-refractivity contribution in [3.05, 3.63) is 70.1 Å². The van der Waals surface area contributed by atoms with Crippen LogP contribution in [0.2, 0.25) is 5.02 Å². The van der Waals surface area contributed by atoms with Crippen LogP contribution in [0.3, 0.4) is 0 Å². The maximum absolute atomic E-state index is 13.9. The molecule has 33 heavy (non-hydrogen) atoms. The topological polar surface area (TPSA) is 59.2 Å². The fourth-order valence-corrected chi connectivity index (χ4v) is 5.65. The third-order valence-corrected chi connectivity index (χ3v) is 7.57. The fourth-order valence-electron chi connectivity index (χ4n) is 4.82. The lowest BCUT2D eigenvalue weighted by Gasteiger charge is -2.40. The number of piperidine rings is 1. The quantitative estimate of drug-likeness (QED) is 0.316. The molecule has 5 nitrogen and oxygen atoms in total. The van der Waals surface area contributed by atoms with Gasteiger partial charge in [0.05, 0.1) is 10.4 Å². The molecule has 0 spiro atoms. The predicted molar refractivity (Wildman–Crippen MR) is 133 cm³/mol. The zero-order valence-corrected chi connectivity index (χ0v) is 20.3. The number of likely N-dealkylation sites (tertiary alicyclic amines) is 1. The third-order valence-electron chi connectivity index (χ3n) is 6.53. The van der Waals surface area contributed by atoms with Gasteiger partial charge >= 0.3 is 0 Å². The van der Waals surface area contributed by atoms with Crippen molar-refractivity contribution >= 4 is 39.9 Å². The Morgan fingerprint density at radius 2 is 2.15 bits per heavy atom. The van der Waals surface area contributed by atoms with Gasteiger partial charge in [0.15, 0.2) is 11.5 Å². The van der Waals surface area contributed by atoms with Crippen LogP contribution in [0.25, 0.3) is 21.5 Å². The molecular weight excluding hydrogens is 454 g/mol. The van der Waals surface area contributed by atoms with Gasteiger partial charge in [0.2, 0.25) is 0 Å².